The van der Waals surface area contributed by atoms with Gasteiger partial charge in [0, 0.05) is 0 Å². The minimum absolute atomic E-state index is 0.552. The first-order chi connectivity index (χ1) is 5.74. The molecule has 0 amide bonds. The van der Waals surface area contributed by atoms with Crippen molar-refractivity contribution in [1.82, 2.24) is 5.32 Å². The molecule has 1 aliphatic rings. The van der Waals surface area contributed by atoms with Gasteiger partial charge in [-0.15, -0.1) is 0 Å². The van der Waals surface area contributed by atoms with E-state index in [1.165, 1.54) is 5.57 Å². The maximum atomic E-state index is 9.34. The Morgan fingerprint density at radius 1 is 1.50 bits per heavy atom. The van der Waals surface area contributed by atoms with Crippen LogP contribution in [0, 0.1) is 0 Å². The normalized spacial score (nSPS) is 30.1. The molecule has 0 aromatic rings. The van der Waals surface area contributed by atoms with Gasteiger partial charge >= 0.3 is 0 Å². The van der Waals surface area contributed by atoms with Crippen LogP contribution in [-0.4, -0.2) is 36.0 Å². The number of aliphatic hydroxyl groups excluding tert-OH is 2. The van der Waals surface area contributed by atoms with E-state index in [2.05, 4.69) is 5.32 Å². The van der Waals surface area contributed by atoms with Crippen molar-refractivity contribution >= 4 is 0 Å². The Bertz CT molecular complexity index is 168. The molecule has 0 heterocycles. The van der Waals surface area contributed by atoms with Crippen molar-refractivity contribution in [1.29, 1.82) is 0 Å². The molecule has 3 heteroatoms. The van der Waals surface area contributed by atoms with E-state index < -0.39 is 12.2 Å². The van der Waals surface area contributed by atoms with Gasteiger partial charge < -0.3 is 15.5 Å². The lowest BCUT2D eigenvalue weighted by Gasteiger charge is -2.23. The van der Waals surface area contributed by atoms with Crippen LogP contribution in [0.3, 0.4) is 0 Å². The minimum atomic E-state index is -0.554. The van der Waals surface area contributed by atoms with E-state index in [9.17, 15) is 10.2 Å². The van der Waals surface area contributed by atoms with Crippen molar-refractivity contribution in [2.75, 3.05) is 13.6 Å². The van der Waals surface area contributed by atoms with Gasteiger partial charge in [0.1, 0.15) is 0 Å². The highest BCUT2D eigenvalue weighted by Gasteiger charge is 2.20. The molecule has 0 fully saturated rings. The molecular formula is C9H17NO2. The minimum Gasteiger partial charge on any atom is -0.390 e. The third-order valence-corrected chi connectivity index (χ3v) is 2.26. The van der Waals surface area contributed by atoms with Crippen molar-refractivity contribution in [2.24, 2.45) is 0 Å². The second kappa shape index (κ2) is 4.60. The van der Waals surface area contributed by atoms with E-state index in [0.717, 1.165) is 13.0 Å². The van der Waals surface area contributed by atoms with Gasteiger partial charge in [0.05, 0.1) is 12.2 Å². The highest BCUT2D eigenvalue weighted by Crippen LogP contribution is 2.20. The zero-order chi connectivity index (χ0) is 8.97. The van der Waals surface area contributed by atoms with Crippen LogP contribution in [0.2, 0.25) is 0 Å². The van der Waals surface area contributed by atoms with E-state index in [1.807, 2.05) is 13.1 Å². The molecule has 0 saturated heterocycles. The molecule has 0 aliphatic heterocycles. The second-order valence-electron chi connectivity index (χ2n) is 3.29. The summed E-state index contributed by atoms with van der Waals surface area (Å²) in [5, 5.41) is 21.6. The Morgan fingerprint density at radius 3 is 2.83 bits per heavy atom. The number of hydrogen-bond donors (Lipinski definition) is 3. The lowest BCUT2D eigenvalue weighted by molar-refractivity contribution is 0.0163. The van der Waals surface area contributed by atoms with Gasteiger partial charge in [0.25, 0.3) is 0 Å². The first-order valence-electron chi connectivity index (χ1n) is 4.42. The second-order valence-corrected chi connectivity index (χ2v) is 3.29. The van der Waals surface area contributed by atoms with Crippen molar-refractivity contribution < 1.29 is 10.2 Å². The van der Waals surface area contributed by atoms with E-state index in [-0.39, 0.29) is 0 Å². The largest absolute Gasteiger partial charge is 0.390 e. The summed E-state index contributed by atoms with van der Waals surface area (Å²) >= 11 is 0. The molecule has 3 N–H and O–H groups in total. The molecule has 0 bridgehead atoms. The average Bonchev–Trinajstić information content (AvgIpc) is 2.07. The summed E-state index contributed by atoms with van der Waals surface area (Å²) in [6, 6.07) is 0. The molecule has 1 aliphatic carbocycles. The third kappa shape index (κ3) is 2.59. The molecule has 0 radical (unpaired) electrons. The van der Waals surface area contributed by atoms with Crippen molar-refractivity contribution in [3.63, 3.8) is 0 Å². The molecule has 0 spiro atoms. The van der Waals surface area contributed by atoms with Gasteiger partial charge in [-0.25, -0.2) is 0 Å². The van der Waals surface area contributed by atoms with Crippen LogP contribution in [0.1, 0.15) is 19.3 Å². The van der Waals surface area contributed by atoms with Crippen molar-refractivity contribution in [3.05, 3.63) is 11.6 Å². The van der Waals surface area contributed by atoms with Crippen LogP contribution in [0.4, 0.5) is 0 Å². The molecule has 2 atom stereocenters. The molecule has 1 rings (SSSR count). The molecule has 3 nitrogen and oxygen atoms in total. The van der Waals surface area contributed by atoms with Crippen molar-refractivity contribution in [3.8, 4) is 0 Å². The monoisotopic (exact) mass is 171 g/mol. The summed E-state index contributed by atoms with van der Waals surface area (Å²) in [5.41, 5.74) is 1.25. The smallest absolute Gasteiger partial charge is 0.0839 e. The van der Waals surface area contributed by atoms with Crippen LogP contribution in [0.25, 0.3) is 0 Å². The standard InChI is InChI=1S/C9H17NO2/c1-10-5-4-7-2-3-8(11)9(12)6-7/h2,8-12H,3-6H2,1H3/t8-,9+/m1/s1. The lowest BCUT2D eigenvalue weighted by atomic mass is 9.93. The fourth-order valence-electron chi connectivity index (χ4n) is 1.42. The van der Waals surface area contributed by atoms with Gasteiger partial charge in [-0.05, 0) is 32.9 Å². The van der Waals surface area contributed by atoms with Crippen LogP contribution >= 0.6 is 0 Å². The van der Waals surface area contributed by atoms with Crippen molar-refractivity contribution in [2.45, 2.75) is 31.5 Å². The Kier molecular flexibility index (Phi) is 3.72. The Labute approximate surface area is 73.1 Å². The molecular weight excluding hydrogens is 154 g/mol. The highest BCUT2D eigenvalue weighted by atomic mass is 16.3. The van der Waals surface area contributed by atoms with Crippen LogP contribution < -0.4 is 5.32 Å². The lowest BCUT2D eigenvalue weighted by Crippen LogP contribution is -2.29. The molecule has 12 heavy (non-hydrogen) atoms. The number of nitrogens with one attached hydrogen (secondary N) is 1. The zero-order valence-corrected chi connectivity index (χ0v) is 7.45. The van der Waals surface area contributed by atoms with E-state index >= 15 is 0 Å². The molecule has 0 aromatic carbocycles. The maximum absolute atomic E-state index is 9.34. The summed E-state index contributed by atoms with van der Waals surface area (Å²) in [6.45, 7) is 0.939. The summed E-state index contributed by atoms with van der Waals surface area (Å²) in [7, 11) is 1.91. The third-order valence-electron chi connectivity index (χ3n) is 2.26. The fourth-order valence-corrected chi connectivity index (χ4v) is 1.42. The van der Waals surface area contributed by atoms with Crippen LogP contribution in [0.5, 0.6) is 0 Å². The fraction of sp³-hybridized carbons (Fsp3) is 0.778. The molecule has 0 unspecified atom stereocenters. The van der Waals surface area contributed by atoms with Gasteiger partial charge in [-0.1, -0.05) is 11.6 Å². The first-order valence-corrected chi connectivity index (χ1v) is 4.42. The quantitative estimate of drug-likeness (QED) is 0.525. The SMILES string of the molecule is CNCCC1=CC[C@@H](O)[C@@H](O)C1. The maximum Gasteiger partial charge on any atom is 0.0839 e. The summed E-state index contributed by atoms with van der Waals surface area (Å²) in [5.74, 6) is 0. The van der Waals surface area contributed by atoms with Crippen LogP contribution in [-0.2, 0) is 0 Å². The van der Waals surface area contributed by atoms with Gasteiger partial charge in [-0.3, -0.25) is 0 Å². The Balaban J connectivity index is 2.36. The molecule has 0 saturated carbocycles. The Hall–Kier alpha value is -0.380. The molecule has 70 valence electrons. The first kappa shape index (κ1) is 9.71. The number of hydrogen-bond acceptors (Lipinski definition) is 3. The van der Waals surface area contributed by atoms with E-state index in [1.54, 1.807) is 0 Å². The average molecular weight is 171 g/mol. The van der Waals surface area contributed by atoms with E-state index in [4.69, 9.17) is 0 Å². The van der Waals surface area contributed by atoms with Gasteiger partial charge in [0.15, 0.2) is 0 Å². The van der Waals surface area contributed by atoms with Gasteiger partial charge in [-0.2, -0.15) is 0 Å². The highest BCUT2D eigenvalue weighted by molar-refractivity contribution is 5.09. The predicted octanol–water partition coefficient (Wildman–Crippen LogP) is 0.0379. The summed E-state index contributed by atoms with van der Waals surface area (Å²) < 4.78 is 0. The van der Waals surface area contributed by atoms with Gasteiger partial charge in [0.2, 0.25) is 0 Å². The number of aliphatic hydroxyl groups is 2. The van der Waals surface area contributed by atoms with E-state index in [0.29, 0.717) is 12.8 Å². The summed E-state index contributed by atoms with van der Waals surface area (Å²) in [4.78, 5) is 0. The van der Waals surface area contributed by atoms with Crippen LogP contribution in [0.15, 0.2) is 11.6 Å². The zero-order valence-electron chi connectivity index (χ0n) is 7.45. The molecule has 0 aromatic heterocycles. The topological polar surface area (TPSA) is 52.5 Å². The number of rotatable bonds is 3. The Morgan fingerprint density at radius 2 is 2.25 bits per heavy atom. The predicted molar refractivity (Wildman–Crippen MR) is 47.9 cm³/mol. The summed E-state index contributed by atoms with van der Waals surface area (Å²) in [6.07, 6.45) is 3.13.